The molecule has 0 atom stereocenters. The summed E-state index contributed by atoms with van der Waals surface area (Å²) in [7, 11) is 0. The van der Waals surface area contributed by atoms with Gasteiger partial charge in [-0.05, 0) is 29.7 Å². The van der Waals surface area contributed by atoms with E-state index >= 15 is 0 Å². The van der Waals surface area contributed by atoms with Gasteiger partial charge in [-0.1, -0.05) is 53.2 Å². The van der Waals surface area contributed by atoms with Crippen molar-refractivity contribution in [1.29, 1.82) is 0 Å². The lowest BCUT2D eigenvalue weighted by atomic mass is 10.0. The number of hydrogen-bond acceptors (Lipinski definition) is 1. The molecule has 0 unspecified atom stereocenters. The number of pyridine rings is 1. The van der Waals surface area contributed by atoms with E-state index in [4.69, 9.17) is 0 Å². The number of aromatic nitrogens is 1. The monoisotopic (exact) mass is 327 g/mol. The van der Waals surface area contributed by atoms with Crippen molar-refractivity contribution >= 4 is 26.8 Å². The molecule has 3 aromatic rings. The summed E-state index contributed by atoms with van der Waals surface area (Å²) in [5.74, 6) is 0. The van der Waals surface area contributed by atoms with Gasteiger partial charge in [-0.3, -0.25) is 4.79 Å². The molecule has 2 nitrogen and oxygen atoms in total. The maximum atomic E-state index is 12.4. The fourth-order valence-corrected chi connectivity index (χ4v) is 2.94. The maximum absolute atomic E-state index is 12.4. The number of hydrogen-bond donors (Lipinski definition) is 1. The molecule has 0 bridgehead atoms. The van der Waals surface area contributed by atoms with Gasteiger partial charge in [-0.2, -0.15) is 0 Å². The molecule has 0 aliphatic heterocycles. The van der Waals surface area contributed by atoms with Crippen molar-refractivity contribution in [3.8, 4) is 11.3 Å². The number of benzene rings is 2. The molecule has 1 N–H and O–H groups in total. The lowest BCUT2D eigenvalue weighted by Crippen LogP contribution is -2.05. The van der Waals surface area contributed by atoms with Gasteiger partial charge in [0.25, 0.3) is 0 Å². The predicted molar refractivity (Wildman–Crippen MR) is 87.1 cm³/mol. The molecule has 20 heavy (non-hydrogen) atoms. The van der Waals surface area contributed by atoms with E-state index in [0.29, 0.717) is 0 Å². The van der Waals surface area contributed by atoms with Crippen molar-refractivity contribution in [3.63, 3.8) is 0 Å². The topological polar surface area (TPSA) is 32.9 Å². The van der Waals surface area contributed by atoms with Crippen molar-refractivity contribution in [2.24, 2.45) is 0 Å². The third-order valence-electron chi connectivity index (χ3n) is 3.45. The van der Waals surface area contributed by atoms with Crippen LogP contribution in [0.15, 0.2) is 57.8 Å². The average molecular weight is 328 g/mol. The van der Waals surface area contributed by atoms with Gasteiger partial charge in [0.15, 0.2) is 5.43 Å². The van der Waals surface area contributed by atoms with E-state index in [2.05, 4.69) is 33.9 Å². The predicted octanol–water partition coefficient (Wildman–Crippen LogP) is 4.52. The minimum Gasteiger partial charge on any atom is -0.354 e. The zero-order chi connectivity index (χ0) is 14.1. The first-order valence-corrected chi connectivity index (χ1v) is 7.39. The molecule has 0 saturated carbocycles. The van der Waals surface area contributed by atoms with Gasteiger partial charge >= 0.3 is 0 Å². The van der Waals surface area contributed by atoms with Crippen LogP contribution in [0.5, 0.6) is 0 Å². The minimum atomic E-state index is 0.0496. The van der Waals surface area contributed by atoms with Crippen LogP contribution in [0.1, 0.15) is 12.5 Å². The molecule has 100 valence electrons. The lowest BCUT2D eigenvalue weighted by molar-refractivity contribution is 1.14. The number of rotatable bonds is 2. The number of aromatic amines is 1. The highest BCUT2D eigenvalue weighted by Crippen LogP contribution is 2.24. The first kappa shape index (κ1) is 13.1. The van der Waals surface area contributed by atoms with Crippen molar-refractivity contribution in [2.75, 3.05) is 0 Å². The van der Waals surface area contributed by atoms with Gasteiger partial charge in [0, 0.05) is 21.6 Å². The van der Waals surface area contributed by atoms with Gasteiger partial charge < -0.3 is 4.98 Å². The summed E-state index contributed by atoms with van der Waals surface area (Å²) in [5.41, 5.74) is 4.01. The van der Waals surface area contributed by atoms with E-state index in [1.165, 1.54) is 0 Å². The highest BCUT2D eigenvalue weighted by atomic mass is 79.9. The molecule has 1 aromatic heterocycles. The summed E-state index contributed by atoms with van der Waals surface area (Å²) in [6, 6.07) is 15.5. The van der Waals surface area contributed by atoms with E-state index in [1.54, 1.807) is 6.07 Å². The summed E-state index contributed by atoms with van der Waals surface area (Å²) in [5, 5.41) is 0.732. The van der Waals surface area contributed by atoms with Crippen LogP contribution in [0.4, 0.5) is 0 Å². The summed E-state index contributed by atoms with van der Waals surface area (Å²) < 4.78 is 0.944. The molecule has 0 fully saturated rings. The molecule has 3 rings (SSSR count). The second kappa shape index (κ2) is 5.25. The molecule has 0 saturated heterocycles. The van der Waals surface area contributed by atoms with Crippen LogP contribution in [-0.2, 0) is 6.42 Å². The van der Waals surface area contributed by atoms with Crippen molar-refractivity contribution in [1.82, 2.24) is 4.98 Å². The zero-order valence-corrected chi connectivity index (χ0v) is 12.7. The Morgan fingerprint density at radius 2 is 1.85 bits per heavy atom. The highest BCUT2D eigenvalue weighted by molar-refractivity contribution is 9.10. The normalized spacial score (nSPS) is 10.9. The first-order valence-electron chi connectivity index (χ1n) is 6.60. The van der Waals surface area contributed by atoms with Crippen LogP contribution in [-0.4, -0.2) is 4.98 Å². The Kier molecular flexibility index (Phi) is 3.45. The second-order valence-electron chi connectivity index (χ2n) is 4.75. The molecule has 0 amide bonds. The van der Waals surface area contributed by atoms with Gasteiger partial charge in [0.05, 0.1) is 5.52 Å². The molecular formula is C17H14BrNO. The van der Waals surface area contributed by atoms with E-state index in [9.17, 15) is 4.79 Å². The Hall–Kier alpha value is -1.87. The highest BCUT2D eigenvalue weighted by Gasteiger charge is 2.08. The Labute approximate surface area is 125 Å². The molecule has 2 aromatic carbocycles. The molecule has 0 aliphatic rings. The molecule has 0 spiro atoms. The smallest absolute Gasteiger partial charge is 0.190 e. The van der Waals surface area contributed by atoms with Crippen LogP contribution in [0.3, 0.4) is 0 Å². The standard InChI is InChI=1S/C17H14BrNO/c1-2-11-8-13(18)9-14-16(20)10-15(19-17(11)14)12-6-4-3-5-7-12/h3-10H,2H2,1H3,(H,19,20). The second-order valence-corrected chi connectivity index (χ2v) is 5.67. The van der Waals surface area contributed by atoms with E-state index in [0.717, 1.165) is 38.6 Å². The van der Waals surface area contributed by atoms with Crippen LogP contribution in [0.2, 0.25) is 0 Å². The Balaban J connectivity index is 2.34. The van der Waals surface area contributed by atoms with Crippen molar-refractivity contribution in [2.45, 2.75) is 13.3 Å². The lowest BCUT2D eigenvalue weighted by Gasteiger charge is -2.09. The SMILES string of the molecule is CCc1cc(Br)cc2c(=O)cc(-c3ccccc3)[nH]c12. The minimum absolute atomic E-state index is 0.0496. The molecule has 0 radical (unpaired) electrons. The third kappa shape index (κ3) is 2.29. The summed E-state index contributed by atoms with van der Waals surface area (Å²) in [6.45, 7) is 2.09. The quantitative estimate of drug-likeness (QED) is 0.737. The number of halogens is 1. The Morgan fingerprint density at radius 3 is 2.55 bits per heavy atom. The van der Waals surface area contributed by atoms with Gasteiger partial charge in [-0.25, -0.2) is 0 Å². The van der Waals surface area contributed by atoms with Crippen LogP contribution in [0.25, 0.3) is 22.2 Å². The number of aryl methyl sites for hydroxylation is 1. The fourth-order valence-electron chi connectivity index (χ4n) is 2.44. The van der Waals surface area contributed by atoms with E-state index in [1.807, 2.05) is 36.4 Å². The zero-order valence-electron chi connectivity index (χ0n) is 11.1. The third-order valence-corrected chi connectivity index (χ3v) is 3.91. The number of fused-ring (bicyclic) bond motifs is 1. The van der Waals surface area contributed by atoms with Gasteiger partial charge in [0.2, 0.25) is 0 Å². The molecule has 0 aliphatic carbocycles. The summed E-state index contributed by atoms with van der Waals surface area (Å²) in [4.78, 5) is 15.8. The molecular weight excluding hydrogens is 314 g/mol. The summed E-state index contributed by atoms with van der Waals surface area (Å²) >= 11 is 3.47. The van der Waals surface area contributed by atoms with Gasteiger partial charge in [0.1, 0.15) is 0 Å². The fraction of sp³-hybridized carbons (Fsp3) is 0.118. The number of nitrogens with one attached hydrogen (secondary N) is 1. The number of H-pyrrole nitrogens is 1. The summed E-state index contributed by atoms with van der Waals surface area (Å²) in [6.07, 6.45) is 0.879. The molecule has 3 heteroatoms. The van der Waals surface area contributed by atoms with Crippen molar-refractivity contribution in [3.05, 3.63) is 68.8 Å². The van der Waals surface area contributed by atoms with Gasteiger partial charge in [-0.15, -0.1) is 0 Å². The maximum Gasteiger partial charge on any atom is 0.190 e. The average Bonchev–Trinajstić information content (AvgIpc) is 2.48. The van der Waals surface area contributed by atoms with Crippen molar-refractivity contribution < 1.29 is 0 Å². The van der Waals surface area contributed by atoms with E-state index in [-0.39, 0.29) is 5.43 Å². The largest absolute Gasteiger partial charge is 0.354 e. The van der Waals surface area contributed by atoms with Crippen LogP contribution in [0, 0.1) is 0 Å². The van der Waals surface area contributed by atoms with E-state index < -0.39 is 0 Å². The molecule has 1 heterocycles. The van der Waals surface area contributed by atoms with Crippen LogP contribution >= 0.6 is 15.9 Å². The Bertz CT molecular complexity index is 822. The first-order chi connectivity index (χ1) is 9.69. The van der Waals surface area contributed by atoms with Crippen LogP contribution < -0.4 is 5.43 Å². The Morgan fingerprint density at radius 1 is 1.10 bits per heavy atom.